The van der Waals surface area contributed by atoms with Crippen LogP contribution in [-0.4, -0.2) is 9.91 Å². The van der Waals surface area contributed by atoms with Crippen LogP contribution in [0.2, 0.25) is 5.02 Å². The molecule has 0 aliphatic carbocycles. The van der Waals surface area contributed by atoms with Crippen molar-refractivity contribution in [3.05, 3.63) is 51.5 Å². The van der Waals surface area contributed by atoms with Gasteiger partial charge in [0, 0.05) is 17.0 Å². The number of non-ortho nitro benzene ring substituents is 1. The van der Waals surface area contributed by atoms with Crippen molar-refractivity contribution in [3.63, 3.8) is 0 Å². The van der Waals surface area contributed by atoms with Crippen molar-refractivity contribution >= 4 is 39.1 Å². The molecule has 1 N–H and O–H groups in total. The van der Waals surface area contributed by atoms with Crippen molar-refractivity contribution in [2.24, 2.45) is 0 Å². The van der Waals surface area contributed by atoms with Crippen molar-refractivity contribution in [1.29, 1.82) is 0 Å². The van der Waals surface area contributed by atoms with Crippen LogP contribution in [0, 0.1) is 10.1 Å². The number of nitro groups is 1. The summed E-state index contributed by atoms with van der Waals surface area (Å²) in [5.74, 6) is 0. The van der Waals surface area contributed by atoms with Crippen molar-refractivity contribution in [2.75, 3.05) is 0 Å². The summed E-state index contributed by atoms with van der Waals surface area (Å²) in [6.45, 7) is 0. The van der Waals surface area contributed by atoms with Gasteiger partial charge in [0.15, 0.2) is 0 Å². The monoisotopic (exact) mass is 246 g/mol. The summed E-state index contributed by atoms with van der Waals surface area (Å²) in [6, 6.07) is 10.3. The molecule has 84 valence electrons. The largest absolute Gasteiger partial charge is 0.354 e. The molecule has 17 heavy (non-hydrogen) atoms. The molecule has 3 rings (SSSR count). The van der Waals surface area contributed by atoms with Gasteiger partial charge in [0.25, 0.3) is 5.69 Å². The third kappa shape index (κ3) is 1.38. The molecule has 0 radical (unpaired) electrons. The minimum absolute atomic E-state index is 0.0712. The zero-order chi connectivity index (χ0) is 12.0. The number of rotatable bonds is 1. The van der Waals surface area contributed by atoms with Gasteiger partial charge in [-0.05, 0) is 18.2 Å². The normalized spacial score (nSPS) is 11.1. The second-order valence-corrected chi connectivity index (χ2v) is 4.15. The van der Waals surface area contributed by atoms with Crippen molar-refractivity contribution < 1.29 is 4.92 Å². The third-order valence-electron chi connectivity index (χ3n) is 2.77. The molecule has 0 spiro atoms. The predicted molar refractivity (Wildman–Crippen MR) is 67.5 cm³/mol. The fraction of sp³-hybridized carbons (Fsp3) is 0. The van der Waals surface area contributed by atoms with Crippen LogP contribution in [0.15, 0.2) is 36.4 Å². The molecule has 0 saturated carbocycles. The minimum Gasteiger partial charge on any atom is -0.354 e. The molecule has 1 aromatic heterocycles. The number of hydrogen-bond acceptors (Lipinski definition) is 2. The highest BCUT2D eigenvalue weighted by Crippen LogP contribution is 2.36. The van der Waals surface area contributed by atoms with E-state index >= 15 is 0 Å². The lowest BCUT2D eigenvalue weighted by Gasteiger charge is -1.96. The zero-order valence-corrected chi connectivity index (χ0v) is 9.36. The molecular weight excluding hydrogens is 240 g/mol. The number of benzene rings is 2. The number of nitrogens with zero attached hydrogens (tertiary/aromatic N) is 1. The number of nitro benzene ring substituents is 1. The van der Waals surface area contributed by atoms with Crippen molar-refractivity contribution in [2.45, 2.75) is 0 Å². The number of halogens is 1. The van der Waals surface area contributed by atoms with Crippen LogP contribution >= 0.6 is 11.6 Å². The van der Waals surface area contributed by atoms with Crippen LogP contribution in [0.5, 0.6) is 0 Å². The van der Waals surface area contributed by atoms with E-state index in [0.29, 0.717) is 15.8 Å². The summed E-state index contributed by atoms with van der Waals surface area (Å²) in [5.41, 5.74) is 1.60. The Morgan fingerprint density at radius 2 is 1.71 bits per heavy atom. The minimum atomic E-state index is -0.390. The molecule has 0 atom stereocenters. The molecule has 3 aromatic rings. The Morgan fingerprint density at radius 3 is 2.41 bits per heavy atom. The number of aromatic amines is 1. The summed E-state index contributed by atoms with van der Waals surface area (Å²) in [4.78, 5) is 13.8. The Labute approximate surface area is 101 Å². The lowest BCUT2D eigenvalue weighted by molar-refractivity contribution is -0.383. The standard InChI is InChI=1S/C12H7ClN2O2/c13-7-3-1-4-8-11(7)12-9(14-8)5-2-6-10(12)15(16)17/h1-6,14H. The van der Waals surface area contributed by atoms with Gasteiger partial charge in [-0.3, -0.25) is 10.1 Å². The summed E-state index contributed by atoms with van der Waals surface area (Å²) >= 11 is 6.11. The van der Waals surface area contributed by atoms with Gasteiger partial charge < -0.3 is 4.98 Å². The number of fused-ring (bicyclic) bond motifs is 3. The van der Waals surface area contributed by atoms with Crippen molar-refractivity contribution in [3.8, 4) is 0 Å². The Morgan fingerprint density at radius 1 is 1.06 bits per heavy atom. The quantitative estimate of drug-likeness (QED) is 0.523. The second-order valence-electron chi connectivity index (χ2n) is 3.74. The Kier molecular flexibility index (Phi) is 2.06. The number of hydrogen-bond donors (Lipinski definition) is 1. The van der Waals surface area contributed by atoms with E-state index in [-0.39, 0.29) is 10.6 Å². The first-order valence-corrected chi connectivity index (χ1v) is 5.39. The van der Waals surface area contributed by atoms with E-state index in [0.717, 1.165) is 11.0 Å². The topological polar surface area (TPSA) is 58.9 Å². The molecule has 0 saturated heterocycles. The molecule has 4 nitrogen and oxygen atoms in total. The Balaban J connectivity index is 2.61. The van der Waals surface area contributed by atoms with Gasteiger partial charge in [-0.25, -0.2) is 0 Å². The van der Waals surface area contributed by atoms with Gasteiger partial charge in [0.1, 0.15) is 0 Å². The van der Waals surface area contributed by atoms with Crippen LogP contribution in [-0.2, 0) is 0 Å². The lowest BCUT2D eigenvalue weighted by atomic mass is 10.1. The average Bonchev–Trinajstić information content (AvgIpc) is 2.67. The summed E-state index contributed by atoms with van der Waals surface area (Å²) in [7, 11) is 0. The first-order valence-electron chi connectivity index (χ1n) is 5.02. The number of aromatic nitrogens is 1. The molecule has 5 heteroatoms. The number of H-pyrrole nitrogens is 1. The first-order chi connectivity index (χ1) is 8.18. The fourth-order valence-corrected chi connectivity index (χ4v) is 2.36. The molecule has 0 fully saturated rings. The second kappa shape index (κ2) is 3.46. The van der Waals surface area contributed by atoms with Crippen LogP contribution in [0.1, 0.15) is 0 Å². The maximum Gasteiger partial charge on any atom is 0.279 e. The third-order valence-corrected chi connectivity index (χ3v) is 3.09. The summed E-state index contributed by atoms with van der Waals surface area (Å²) < 4.78 is 0. The van der Waals surface area contributed by atoms with Crippen molar-refractivity contribution in [1.82, 2.24) is 4.98 Å². The predicted octanol–water partition coefficient (Wildman–Crippen LogP) is 3.88. The smallest absolute Gasteiger partial charge is 0.279 e. The van der Waals surface area contributed by atoms with E-state index in [1.165, 1.54) is 6.07 Å². The van der Waals surface area contributed by atoms with Gasteiger partial charge in [-0.1, -0.05) is 23.7 Å². The maximum absolute atomic E-state index is 11.0. The highest BCUT2D eigenvalue weighted by atomic mass is 35.5. The molecule has 1 heterocycles. The average molecular weight is 247 g/mol. The van der Waals surface area contributed by atoms with Crippen LogP contribution < -0.4 is 0 Å². The van der Waals surface area contributed by atoms with E-state index in [1.54, 1.807) is 18.2 Å². The molecule has 2 aromatic carbocycles. The van der Waals surface area contributed by atoms with Crippen LogP contribution in [0.3, 0.4) is 0 Å². The van der Waals surface area contributed by atoms with Gasteiger partial charge in [0.2, 0.25) is 0 Å². The van der Waals surface area contributed by atoms with E-state index in [2.05, 4.69) is 4.98 Å². The molecule has 0 amide bonds. The molecular formula is C12H7ClN2O2. The Bertz CT molecular complexity index is 749. The highest BCUT2D eigenvalue weighted by Gasteiger charge is 2.17. The summed E-state index contributed by atoms with van der Waals surface area (Å²) in [5, 5.41) is 12.8. The zero-order valence-electron chi connectivity index (χ0n) is 8.61. The van der Waals surface area contributed by atoms with Gasteiger partial charge in [0.05, 0.1) is 20.8 Å². The maximum atomic E-state index is 11.0. The van der Waals surface area contributed by atoms with Gasteiger partial charge in [-0.15, -0.1) is 0 Å². The van der Waals surface area contributed by atoms with Gasteiger partial charge in [-0.2, -0.15) is 0 Å². The first kappa shape index (κ1) is 10.1. The summed E-state index contributed by atoms with van der Waals surface area (Å²) in [6.07, 6.45) is 0. The number of nitrogens with one attached hydrogen (secondary N) is 1. The molecule has 0 aliphatic heterocycles. The molecule has 0 aliphatic rings. The lowest BCUT2D eigenvalue weighted by Crippen LogP contribution is -1.87. The van der Waals surface area contributed by atoms with E-state index < -0.39 is 0 Å². The van der Waals surface area contributed by atoms with Gasteiger partial charge >= 0.3 is 0 Å². The Hall–Kier alpha value is -2.07. The molecule has 0 unspecified atom stereocenters. The molecule has 0 bridgehead atoms. The highest BCUT2D eigenvalue weighted by molar-refractivity contribution is 6.38. The van der Waals surface area contributed by atoms with E-state index in [1.807, 2.05) is 12.1 Å². The van der Waals surface area contributed by atoms with E-state index in [9.17, 15) is 10.1 Å². The SMILES string of the molecule is O=[N+]([O-])c1cccc2[nH]c3cccc(Cl)c3c12. The fourth-order valence-electron chi connectivity index (χ4n) is 2.09. The van der Waals surface area contributed by atoms with Crippen LogP contribution in [0.4, 0.5) is 5.69 Å². The van der Waals surface area contributed by atoms with Crippen LogP contribution in [0.25, 0.3) is 21.8 Å². The van der Waals surface area contributed by atoms with E-state index in [4.69, 9.17) is 11.6 Å².